The van der Waals surface area contributed by atoms with Crippen molar-refractivity contribution in [2.45, 2.75) is 58.1 Å². The average molecular weight is 339 g/mol. The number of rotatable bonds is 5. The predicted octanol–water partition coefficient (Wildman–Crippen LogP) is 4.75. The molecule has 0 aromatic heterocycles. The quantitative estimate of drug-likeness (QED) is 0.715. The second kappa shape index (κ2) is 6.85. The van der Waals surface area contributed by atoms with Crippen LogP contribution in [0.3, 0.4) is 0 Å². The lowest BCUT2D eigenvalue weighted by molar-refractivity contribution is 0.0545. The molecule has 1 nitrogen and oxygen atoms in total. The van der Waals surface area contributed by atoms with Crippen LogP contribution in [0.2, 0.25) is 5.04 Å². The lowest BCUT2D eigenvalue weighted by Gasteiger charge is -2.48. The molecule has 2 heteroatoms. The molecule has 0 aliphatic heterocycles. The first kappa shape index (κ1) is 17.4. The first-order chi connectivity index (χ1) is 11.5. The second-order valence-electron chi connectivity index (χ2n) is 8.15. The van der Waals surface area contributed by atoms with Crippen LogP contribution in [0.1, 0.15) is 47.0 Å². The molecule has 0 spiro atoms. The molecule has 128 valence electrons. The highest BCUT2D eigenvalue weighted by atomic mass is 28.4. The van der Waals surface area contributed by atoms with Crippen LogP contribution in [-0.4, -0.2) is 14.4 Å². The lowest BCUT2D eigenvalue weighted by atomic mass is 9.81. The summed E-state index contributed by atoms with van der Waals surface area (Å²) < 4.78 is 7.08. The van der Waals surface area contributed by atoms with E-state index < -0.39 is 8.32 Å². The normalized spacial score (nSPS) is 21.3. The zero-order valence-electron chi connectivity index (χ0n) is 15.5. The molecular formula is C22H30OSi. The third-order valence-corrected chi connectivity index (χ3v) is 10.6. The van der Waals surface area contributed by atoms with E-state index in [9.17, 15) is 0 Å². The van der Waals surface area contributed by atoms with Crippen LogP contribution >= 0.6 is 0 Å². The molecule has 0 N–H and O–H groups in total. The molecule has 3 rings (SSSR count). The lowest BCUT2D eigenvalue weighted by Crippen LogP contribution is -2.68. The summed E-state index contributed by atoms with van der Waals surface area (Å²) in [6.07, 6.45) is 4.14. The van der Waals surface area contributed by atoms with Crippen molar-refractivity contribution in [3.05, 3.63) is 60.7 Å². The third-order valence-electron chi connectivity index (χ3n) is 5.53. The van der Waals surface area contributed by atoms with Crippen molar-refractivity contribution in [2.24, 2.45) is 5.92 Å². The molecule has 0 heterocycles. The molecular weight excluding hydrogens is 308 g/mol. The zero-order valence-corrected chi connectivity index (χ0v) is 16.5. The van der Waals surface area contributed by atoms with E-state index in [0.717, 1.165) is 5.92 Å². The van der Waals surface area contributed by atoms with Gasteiger partial charge in [-0.05, 0) is 34.2 Å². The smallest absolute Gasteiger partial charge is 0.261 e. The van der Waals surface area contributed by atoms with E-state index in [2.05, 4.69) is 88.4 Å². The summed E-state index contributed by atoms with van der Waals surface area (Å²) >= 11 is 0. The van der Waals surface area contributed by atoms with Gasteiger partial charge in [-0.1, -0.05) is 94.8 Å². The van der Waals surface area contributed by atoms with Gasteiger partial charge in [0.1, 0.15) is 0 Å². The van der Waals surface area contributed by atoms with Gasteiger partial charge in [-0.15, -0.1) is 0 Å². The average Bonchev–Trinajstić information content (AvgIpc) is 2.54. The molecule has 1 saturated carbocycles. The Morgan fingerprint density at radius 1 is 0.875 bits per heavy atom. The van der Waals surface area contributed by atoms with E-state index in [1.807, 2.05) is 0 Å². The van der Waals surface area contributed by atoms with Gasteiger partial charge in [0.25, 0.3) is 8.32 Å². The van der Waals surface area contributed by atoms with Crippen LogP contribution in [0.25, 0.3) is 0 Å². The molecule has 1 aliphatic rings. The van der Waals surface area contributed by atoms with Crippen molar-refractivity contribution < 1.29 is 4.43 Å². The Morgan fingerprint density at radius 3 is 1.71 bits per heavy atom. The summed E-state index contributed by atoms with van der Waals surface area (Å²) in [5, 5.41) is 2.87. The minimum absolute atomic E-state index is 0.0903. The van der Waals surface area contributed by atoms with Gasteiger partial charge < -0.3 is 4.43 Å². The molecule has 2 aromatic carbocycles. The molecule has 0 saturated heterocycles. The SMILES string of the molecule is CC[C@H]1C[C@@H](O[Si](c2ccccc2)(c2ccccc2)C(C)(C)C)C1. The molecule has 2 aromatic rings. The Morgan fingerprint density at radius 2 is 1.33 bits per heavy atom. The maximum absolute atomic E-state index is 7.08. The fourth-order valence-corrected chi connectivity index (χ4v) is 8.75. The Labute approximate surface area is 148 Å². The second-order valence-corrected chi connectivity index (χ2v) is 12.4. The van der Waals surface area contributed by atoms with E-state index in [4.69, 9.17) is 4.43 Å². The van der Waals surface area contributed by atoms with Gasteiger partial charge in [0.2, 0.25) is 0 Å². The monoisotopic (exact) mass is 338 g/mol. The summed E-state index contributed by atoms with van der Waals surface area (Å²) in [6, 6.07) is 22.0. The summed E-state index contributed by atoms with van der Waals surface area (Å²) in [7, 11) is -2.32. The van der Waals surface area contributed by atoms with E-state index in [1.165, 1.54) is 29.6 Å². The van der Waals surface area contributed by atoms with Gasteiger partial charge in [-0.3, -0.25) is 0 Å². The Bertz CT molecular complexity index is 599. The number of hydrogen-bond acceptors (Lipinski definition) is 1. The van der Waals surface area contributed by atoms with Crippen molar-refractivity contribution in [3.63, 3.8) is 0 Å². The molecule has 0 unspecified atom stereocenters. The van der Waals surface area contributed by atoms with Crippen molar-refractivity contribution in [1.29, 1.82) is 0 Å². The molecule has 0 atom stereocenters. The summed E-state index contributed by atoms with van der Waals surface area (Å²) in [5.74, 6) is 0.855. The minimum Gasteiger partial charge on any atom is -0.404 e. The van der Waals surface area contributed by atoms with Crippen LogP contribution in [0.15, 0.2) is 60.7 Å². The Balaban J connectivity index is 2.08. The fourth-order valence-electron chi connectivity index (χ4n) is 4.05. The highest BCUT2D eigenvalue weighted by molar-refractivity contribution is 6.99. The van der Waals surface area contributed by atoms with Crippen LogP contribution in [0.4, 0.5) is 0 Å². The zero-order chi connectivity index (χ0) is 17.2. The maximum Gasteiger partial charge on any atom is 0.261 e. The first-order valence-electron chi connectivity index (χ1n) is 9.26. The minimum atomic E-state index is -2.32. The van der Waals surface area contributed by atoms with Gasteiger partial charge >= 0.3 is 0 Å². The summed E-state index contributed by atoms with van der Waals surface area (Å²) in [4.78, 5) is 0. The number of hydrogen-bond donors (Lipinski definition) is 0. The van der Waals surface area contributed by atoms with E-state index >= 15 is 0 Å². The predicted molar refractivity (Wildman–Crippen MR) is 106 cm³/mol. The molecule has 1 fully saturated rings. The van der Waals surface area contributed by atoms with Gasteiger partial charge in [0, 0.05) is 6.10 Å². The van der Waals surface area contributed by atoms with Crippen LogP contribution < -0.4 is 10.4 Å². The molecule has 0 radical (unpaired) electrons. The van der Waals surface area contributed by atoms with E-state index in [-0.39, 0.29) is 5.04 Å². The molecule has 0 bridgehead atoms. The van der Waals surface area contributed by atoms with E-state index in [0.29, 0.717) is 6.10 Å². The van der Waals surface area contributed by atoms with E-state index in [1.54, 1.807) is 0 Å². The molecule has 24 heavy (non-hydrogen) atoms. The Kier molecular flexibility index (Phi) is 4.98. The Hall–Kier alpha value is -1.38. The van der Waals surface area contributed by atoms with Gasteiger partial charge in [-0.2, -0.15) is 0 Å². The molecule has 1 aliphatic carbocycles. The maximum atomic E-state index is 7.08. The topological polar surface area (TPSA) is 9.23 Å². The van der Waals surface area contributed by atoms with Crippen molar-refractivity contribution in [1.82, 2.24) is 0 Å². The van der Waals surface area contributed by atoms with Crippen LogP contribution in [-0.2, 0) is 4.43 Å². The van der Waals surface area contributed by atoms with Crippen molar-refractivity contribution >= 4 is 18.7 Å². The standard InChI is InChI=1S/C22H30OSi/c1-5-18-16-19(17-18)23-24(22(2,3)4,20-12-8-6-9-13-20)21-14-10-7-11-15-21/h6-15,18-19H,5,16-17H2,1-4H3/t18-,19+. The van der Waals surface area contributed by atoms with Gasteiger partial charge in [-0.25, -0.2) is 0 Å². The van der Waals surface area contributed by atoms with Crippen molar-refractivity contribution in [3.8, 4) is 0 Å². The third kappa shape index (κ3) is 3.10. The molecule has 0 amide bonds. The number of benzene rings is 2. The highest BCUT2D eigenvalue weighted by Crippen LogP contribution is 2.42. The van der Waals surface area contributed by atoms with Gasteiger partial charge in [0.15, 0.2) is 0 Å². The van der Waals surface area contributed by atoms with Crippen LogP contribution in [0, 0.1) is 5.92 Å². The van der Waals surface area contributed by atoms with Gasteiger partial charge in [0.05, 0.1) is 0 Å². The summed E-state index contributed by atoms with van der Waals surface area (Å²) in [5.41, 5.74) is 0. The highest BCUT2D eigenvalue weighted by Gasteiger charge is 2.52. The summed E-state index contributed by atoms with van der Waals surface area (Å²) in [6.45, 7) is 9.36. The van der Waals surface area contributed by atoms with Crippen molar-refractivity contribution in [2.75, 3.05) is 0 Å². The fraction of sp³-hybridized carbons (Fsp3) is 0.455. The van der Waals surface area contributed by atoms with Crippen LogP contribution in [0.5, 0.6) is 0 Å². The first-order valence-corrected chi connectivity index (χ1v) is 11.2. The largest absolute Gasteiger partial charge is 0.404 e.